The Kier molecular flexibility index (Phi) is 3.86. The van der Waals surface area contributed by atoms with Gasteiger partial charge in [0, 0.05) is 16.6 Å². The lowest BCUT2D eigenvalue weighted by molar-refractivity contribution is 0.576. The molecule has 1 aromatic carbocycles. The van der Waals surface area contributed by atoms with Crippen molar-refractivity contribution in [1.29, 1.82) is 0 Å². The summed E-state index contributed by atoms with van der Waals surface area (Å²) >= 11 is 3.22. The topological polar surface area (TPSA) is 42.7 Å². The Bertz CT molecular complexity index is 512. The van der Waals surface area contributed by atoms with Gasteiger partial charge in [0.2, 0.25) is 0 Å². The van der Waals surface area contributed by atoms with Crippen molar-refractivity contribution in [3.63, 3.8) is 0 Å². The van der Waals surface area contributed by atoms with Gasteiger partial charge in [0.15, 0.2) is 0 Å². The van der Waals surface area contributed by atoms with Crippen molar-refractivity contribution in [1.82, 2.24) is 20.3 Å². The zero-order valence-corrected chi connectivity index (χ0v) is 10.9. The van der Waals surface area contributed by atoms with E-state index in [-0.39, 0.29) is 5.82 Å². The monoisotopic (exact) mass is 298 g/mol. The van der Waals surface area contributed by atoms with Gasteiger partial charge >= 0.3 is 0 Å². The molecule has 2 rings (SSSR count). The van der Waals surface area contributed by atoms with Gasteiger partial charge < -0.3 is 5.32 Å². The van der Waals surface area contributed by atoms with Gasteiger partial charge in [-0.2, -0.15) is 0 Å². The average molecular weight is 299 g/mol. The van der Waals surface area contributed by atoms with E-state index in [0.717, 1.165) is 10.2 Å². The number of halogens is 2. The minimum absolute atomic E-state index is 0.245. The molecule has 17 heavy (non-hydrogen) atoms. The van der Waals surface area contributed by atoms with Crippen molar-refractivity contribution in [2.24, 2.45) is 0 Å². The van der Waals surface area contributed by atoms with Crippen LogP contribution >= 0.6 is 15.9 Å². The molecule has 1 aromatic heterocycles. The van der Waals surface area contributed by atoms with Gasteiger partial charge in [0.25, 0.3) is 0 Å². The lowest BCUT2D eigenvalue weighted by Gasteiger charge is -2.03. The SMILES string of the molecule is CNCc1cn(Cc2ccc(Br)cc2F)nn1. The van der Waals surface area contributed by atoms with E-state index < -0.39 is 0 Å². The maximum Gasteiger partial charge on any atom is 0.129 e. The number of hydrogen-bond acceptors (Lipinski definition) is 3. The van der Waals surface area contributed by atoms with Crippen LogP contribution in [0, 0.1) is 5.82 Å². The second-order valence-electron chi connectivity index (χ2n) is 3.67. The summed E-state index contributed by atoms with van der Waals surface area (Å²) in [6, 6.07) is 4.99. The van der Waals surface area contributed by atoms with Crippen LogP contribution in [0.4, 0.5) is 4.39 Å². The van der Waals surface area contributed by atoms with Crippen LogP contribution in [0.5, 0.6) is 0 Å². The molecular formula is C11H12BrFN4. The Morgan fingerprint density at radius 3 is 3.00 bits per heavy atom. The molecule has 0 aliphatic carbocycles. The van der Waals surface area contributed by atoms with E-state index in [1.54, 1.807) is 16.9 Å². The highest BCUT2D eigenvalue weighted by atomic mass is 79.9. The molecule has 6 heteroatoms. The van der Waals surface area contributed by atoms with Crippen molar-refractivity contribution in [3.05, 3.63) is 45.9 Å². The summed E-state index contributed by atoms with van der Waals surface area (Å²) in [6.45, 7) is 1.04. The van der Waals surface area contributed by atoms with E-state index in [1.807, 2.05) is 13.1 Å². The first-order valence-corrected chi connectivity index (χ1v) is 5.96. The van der Waals surface area contributed by atoms with Crippen LogP contribution in [0.3, 0.4) is 0 Å². The van der Waals surface area contributed by atoms with Gasteiger partial charge in [-0.1, -0.05) is 27.2 Å². The van der Waals surface area contributed by atoms with Crippen molar-refractivity contribution in [2.75, 3.05) is 7.05 Å². The molecule has 0 spiro atoms. The molecular weight excluding hydrogens is 287 g/mol. The Morgan fingerprint density at radius 2 is 2.29 bits per heavy atom. The number of aromatic nitrogens is 3. The number of benzene rings is 1. The summed E-state index contributed by atoms with van der Waals surface area (Å²) in [5.41, 5.74) is 1.43. The van der Waals surface area contributed by atoms with E-state index >= 15 is 0 Å². The van der Waals surface area contributed by atoms with Crippen molar-refractivity contribution in [3.8, 4) is 0 Å². The lowest BCUT2D eigenvalue weighted by Crippen LogP contribution is -2.05. The third-order valence-electron chi connectivity index (χ3n) is 2.29. The highest BCUT2D eigenvalue weighted by molar-refractivity contribution is 9.10. The first-order chi connectivity index (χ1) is 8.19. The molecule has 0 atom stereocenters. The van der Waals surface area contributed by atoms with E-state index in [0.29, 0.717) is 18.7 Å². The molecule has 0 saturated carbocycles. The summed E-state index contributed by atoms with van der Waals surface area (Å²) in [6.07, 6.45) is 1.80. The second kappa shape index (κ2) is 5.37. The fourth-order valence-corrected chi connectivity index (χ4v) is 1.84. The van der Waals surface area contributed by atoms with Crippen LogP contribution in [-0.4, -0.2) is 22.0 Å². The Morgan fingerprint density at radius 1 is 1.47 bits per heavy atom. The molecule has 0 amide bonds. The molecule has 0 saturated heterocycles. The fraction of sp³-hybridized carbons (Fsp3) is 0.273. The molecule has 1 N–H and O–H groups in total. The minimum Gasteiger partial charge on any atom is -0.314 e. The van der Waals surface area contributed by atoms with E-state index in [9.17, 15) is 4.39 Å². The highest BCUT2D eigenvalue weighted by Gasteiger charge is 2.05. The quantitative estimate of drug-likeness (QED) is 0.938. The highest BCUT2D eigenvalue weighted by Crippen LogP contribution is 2.15. The largest absolute Gasteiger partial charge is 0.314 e. The number of nitrogens with one attached hydrogen (secondary N) is 1. The van der Waals surface area contributed by atoms with Gasteiger partial charge in [0.1, 0.15) is 5.82 Å². The second-order valence-corrected chi connectivity index (χ2v) is 4.59. The van der Waals surface area contributed by atoms with E-state index in [4.69, 9.17) is 0 Å². The standard InChI is InChI=1S/C11H12BrFN4/c1-14-5-10-7-17(16-15-10)6-8-2-3-9(12)4-11(8)13/h2-4,7,14H,5-6H2,1H3. The molecule has 4 nitrogen and oxygen atoms in total. The zero-order chi connectivity index (χ0) is 12.3. The summed E-state index contributed by atoms with van der Waals surface area (Å²) in [4.78, 5) is 0. The number of nitrogens with zero attached hydrogens (tertiary/aromatic N) is 3. The van der Waals surface area contributed by atoms with Gasteiger partial charge in [0.05, 0.1) is 18.4 Å². The molecule has 0 radical (unpaired) electrons. The average Bonchev–Trinajstić information content (AvgIpc) is 2.71. The normalized spacial score (nSPS) is 10.8. The summed E-state index contributed by atoms with van der Waals surface area (Å²) in [7, 11) is 1.84. The zero-order valence-electron chi connectivity index (χ0n) is 9.32. The van der Waals surface area contributed by atoms with Crippen LogP contribution in [0.15, 0.2) is 28.9 Å². The number of hydrogen-bond donors (Lipinski definition) is 1. The maximum atomic E-state index is 13.6. The first-order valence-electron chi connectivity index (χ1n) is 5.16. The smallest absolute Gasteiger partial charge is 0.129 e. The molecule has 0 aliphatic heterocycles. The molecule has 0 unspecified atom stereocenters. The molecule has 0 bridgehead atoms. The fourth-order valence-electron chi connectivity index (χ4n) is 1.50. The van der Waals surface area contributed by atoms with Crippen LogP contribution in [-0.2, 0) is 13.1 Å². The minimum atomic E-state index is -0.245. The molecule has 2 aromatic rings. The van der Waals surface area contributed by atoms with Gasteiger partial charge in [-0.3, -0.25) is 0 Å². The maximum absolute atomic E-state index is 13.6. The summed E-state index contributed by atoms with van der Waals surface area (Å²) in [5, 5.41) is 10.9. The first kappa shape index (κ1) is 12.2. The molecule has 90 valence electrons. The predicted octanol–water partition coefficient (Wildman–Crippen LogP) is 1.95. The van der Waals surface area contributed by atoms with Crippen molar-refractivity contribution >= 4 is 15.9 Å². The molecule has 0 fully saturated rings. The van der Waals surface area contributed by atoms with Crippen LogP contribution < -0.4 is 5.32 Å². The van der Waals surface area contributed by atoms with Crippen molar-refractivity contribution in [2.45, 2.75) is 13.1 Å². The predicted molar refractivity (Wildman–Crippen MR) is 66.0 cm³/mol. The van der Waals surface area contributed by atoms with Crippen LogP contribution in [0.1, 0.15) is 11.3 Å². The van der Waals surface area contributed by atoms with Gasteiger partial charge in [-0.15, -0.1) is 5.10 Å². The lowest BCUT2D eigenvalue weighted by atomic mass is 10.2. The Balaban J connectivity index is 2.13. The Labute approximate surface area is 107 Å². The van der Waals surface area contributed by atoms with Gasteiger partial charge in [-0.05, 0) is 19.2 Å². The third-order valence-corrected chi connectivity index (χ3v) is 2.78. The van der Waals surface area contributed by atoms with Crippen LogP contribution in [0.25, 0.3) is 0 Å². The Hall–Kier alpha value is -1.27. The third kappa shape index (κ3) is 3.10. The van der Waals surface area contributed by atoms with E-state index in [2.05, 4.69) is 31.6 Å². The molecule has 1 heterocycles. The van der Waals surface area contributed by atoms with E-state index in [1.165, 1.54) is 6.07 Å². The van der Waals surface area contributed by atoms with Crippen molar-refractivity contribution < 1.29 is 4.39 Å². The molecule has 0 aliphatic rings. The summed E-state index contributed by atoms with van der Waals surface area (Å²) in [5.74, 6) is -0.245. The van der Waals surface area contributed by atoms with Crippen LogP contribution in [0.2, 0.25) is 0 Å². The van der Waals surface area contributed by atoms with Gasteiger partial charge in [-0.25, -0.2) is 9.07 Å². The number of rotatable bonds is 4. The summed E-state index contributed by atoms with van der Waals surface area (Å²) < 4.78 is 15.9.